The lowest BCUT2D eigenvalue weighted by atomic mass is 10.2. The van der Waals surface area contributed by atoms with Crippen LogP contribution in [0, 0.1) is 6.92 Å². The first kappa shape index (κ1) is 21.0. The van der Waals surface area contributed by atoms with E-state index < -0.39 is 10.0 Å². The summed E-state index contributed by atoms with van der Waals surface area (Å²) < 4.78 is 26.6. The highest BCUT2D eigenvalue weighted by atomic mass is 32.2. The first-order chi connectivity index (χ1) is 13.8. The summed E-state index contributed by atoms with van der Waals surface area (Å²) in [6.45, 7) is 4.95. The van der Waals surface area contributed by atoms with Gasteiger partial charge >= 0.3 is 0 Å². The maximum atomic E-state index is 12.5. The third-order valence-corrected chi connectivity index (χ3v) is 6.17. The highest BCUT2D eigenvalue weighted by Crippen LogP contribution is 2.22. The van der Waals surface area contributed by atoms with Crippen LogP contribution in [-0.2, 0) is 10.0 Å². The zero-order valence-electron chi connectivity index (χ0n) is 16.9. The van der Waals surface area contributed by atoms with Crippen LogP contribution in [0.15, 0.2) is 48.5 Å². The molecule has 2 aromatic carbocycles. The zero-order valence-corrected chi connectivity index (χ0v) is 17.7. The normalized spacial score (nSPS) is 11.9. The quantitative estimate of drug-likeness (QED) is 0.575. The Kier molecular flexibility index (Phi) is 6.34. The number of rotatable bonds is 8. The summed E-state index contributed by atoms with van der Waals surface area (Å²) in [6, 6.07) is 15.4. The number of nitrogens with zero attached hydrogens (tertiary/aromatic N) is 3. The van der Waals surface area contributed by atoms with E-state index in [0.717, 1.165) is 22.5 Å². The third kappa shape index (κ3) is 4.83. The number of imidazole rings is 1. The highest BCUT2D eigenvalue weighted by Gasteiger charge is 2.15. The molecule has 1 amide bonds. The number of benzene rings is 2. The molecule has 0 unspecified atom stereocenters. The van der Waals surface area contributed by atoms with Crippen molar-refractivity contribution < 1.29 is 13.2 Å². The molecule has 0 aliphatic heterocycles. The van der Waals surface area contributed by atoms with Gasteiger partial charge in [-0.15, -0.1) is 0 Å². The maximum absolute atomic E-state index is 12.5. The number of nitrogens with one attached hydrogen (secondary N) is 1. The summed E-state index contributed by atoms with van der Waals surface area (Å²) in [4.78, 5) is 17.1. The largest absolute Gasteiger partial charge is 0.352 e. The Bertz CT molecular complexity index is 1110. The second kappa shape index (κ2) is 8.75. The van der Waals surface area contributed by atoms with Crippen molar-refractivity contribution in [2.75, 3.05) is 25.9 Å². The van der Waals surface area contributed by atoms with Crippen molar-refractivity contribution in [2.45, 2.75) is 20.3 Å². The van der Waals surface area contributed by atoms with Gasteiger partial charge in [-0.2, -0.15) is 0 Å². The van der Waals surface area contributed by atoms with E-state index in [0.29, 0.717) is 31.6 Å². The van der Waals surface area contributed by atoms with Crippen LogP contribution in [0.1, 0.15) is 29.5 Å². The van der Waals surface area contributed by atoms with Crippen molar-refractivity contribution in [3.05, 3.63) is 59.9 Å². The molecule has 0 radical (unpaired) electrons. The molecule has 29 heavy (non-hydrogen) atoms. The molecule has 154 valence electrons. The molecule has 0 fully saturated rings. The van der Waals surface area contributed by atoms with Crippen LogP contribution in [0.2, 0.25) is 0 Å². The second-order valence-electron chi connectivity index (χ2n) is 6.90. The van der Waals surface area contributed by atoms with Gasteiger partial charge in [0, 0.05) is 30.9 Å². The van der Waals surface area contributed by atoms with Gasteiger partial charge in [-0.05, 0) is 43.7 Å². The third-order valence-electron chi connectivity index (χ3n) is 4.79. The lowest BCUT2D eigenvalue weighted by Gasteiger charge is -2.17. The number of sulfonamides is 1. The van der Waals surface area contributed by atoms with Gasteiger partial charge < -0.3 is 5.32 Å². The van der Waals surface area contributed by atoms with Crippen molar-refractivity contribution >= 4 is 27.0 Å². The minimum atomic E-state index is -3.21. The Morgan fingerprint density at radius 2 is 1.90 bits per heavy atom. The topological polar surface area (TPSA) is 84.3 Å². The molecule has 1 N–H and O–H groups in total. The molecule has 3 aromatic rings. The molecule has 0 saturated heterocycles. The summed E-state index contributed by atoms with van der Waals surface area (Å²) in [5.74, 6) is 0.658. The van der Waals surface area contributed by atoms with Crippen LogP contribution < -0.4 is 5.32 Å². The number of para-hydroxylation sites is 1. The van der Waals surface area contributed by atoms with Crippen molar-refractivity contribution in [1.82, 2.24) is 19.2 Å². The molecule has 0 spiro atoms. The second-order valence-corrected chi connectivity index (χ2v) is 8.88. The van der Waals surface area contributed by atoms with Crippen LogP contribution in [0.5, 0.6) is 0 Å². The number of carbonyl (C=O) groups is 1. The summed E-state index contributed by atoms with van der Waals surface area (Å²) >= 11 is 0. The predicted octanol–water partition coefficient (Wildman–Crippen LogP) is 2.74. The number of aryl methyl sites for hydroxylation is 1. The van der Waals surface area contributed by atoms with Crippen LogP contribution in [0.25, 0.3) is 16.7 Å². The van der Waals surface area contributed by atoms with E-state index in [1.165, 1.54) is 10.6 Å². The summed E-state index contributed by atoms with van der Waals surface area (Å²) in [6.07, 6.45) is 1.75. The molecular formula is C21H26N4O3S. The fourth-order valence-corrected chi connectivity index (χ4v) is 4.29. The number of carbonyl (C=O) groups excluding carboxylic acids is 1. The first-order valence-corrected chi connectivity index (χ1v) is 11.4. The summed E-state index contributed by atoms with van der Waals surface area (Å²) in [5.41, 5.74) is 3.26. The Labute approximate surface area is 171 Å². The minimum absolute atomic E-state index is 0.193. The van der Waals surface area contributed by atoms with Gasteiger partial charge in [-0.25, -0.2) is 17.7 Å². The molecule has 0 bridgehead atoms. The maximum Gasteiger partial charge on any atom is 0.251 e. The number of hydrogen-bond donors (Lipinski definition) is 1. The van der Waals surface area contributed by atoms with Crippen LogP contribution in [0.3, 0.4) is 0 Å². The Morgan fingerprint density at radius 3 is 2.55 bits per heavy atom. The molecule has 1 heterocycles. The van der Waals surface area contributed by atoms with E-state index in [2.05, 4.69) is 14.9 Å². The molecule has 7 nitrogen and oxygen atoms in total. The van der Waals surface area contributed by atoms with Gasteiger partial charge in [0.1, 0.15) is 5.82 Å². The van der Waals surface area contributed by atoms with E-state index in [1.54, 1.807) is 19.1 Å². The Morgan fingerprint density at radius 1 is 1.17 bits per heavy atom. The van der Waals surface area contributed by atoms with Crippen LogP contribution in [0.4, 0.5) is 0 Å². The summed E-state index contributed by atoms with van der Waals surface area (Å²) in [7, 11) is -3.21. The first-order valence-electron chi connectivity index (χ1n) is 9.59. The standard InChI is InChI=1S/C21H26N4O3S/c1-4-24(29(3,27)28)14-8-13-22-21(26)17-11-12-20-19(15-17)23-16(2)25(20)18-9-6-5-7-10-18/h5-7,9-12,15H,4,8,13-14H2,1-3H3,(H,22,26). The Hall–Kier alpha value is -2.71. The van der Waals surface area contributed by atoms with E-state index in [1.807, 2.05) is 43.3 Å². The molecule has 1 aromatic heterocycles. The number of hydrogen-bond acceptors (Lipinski definition) is 4. The van der Waals surface area contributed by atoms with Crippen molar-refractivity contribution in [3.8, 4) is 5.69 Å². The molecule has 8 heteroatoms. The van der Waals surface area contributed by atoms with E-state index in [4.69, 9.17) is 0 Å². The van der Waals surface area contributed by atoms with Gasteiger partial charge in [0.05, 0.1) is 17.3 Å². The average molecular weight is 415 g/mol. The van der Waals surface area contributed by atoms with Crippen molar-refractivity contribution in [2.24, 2.45) is 0 Å². The highest BCUT2D eigenvalue weighted by molar-refractivity contribution is 7.88. The molecule has 3 rings (SSSR count). The van der Waals surface area contributed by atoms with Gasteiger partial charge in [0.25, 0.3) is 5.91 Å². The van der Waals surface area contributed by atoms with E-state index in [9.17, 15) is 13.2 Å². The van der Waals surface area contributed by atoms with E-state index >= 15 is 0 Å². The van der Waals surface area contributed by atoms with Gasteiger partial charge in [-0.3, -0.25) is 9.36 Å². The zero-order chi connectivity index (χ0) is 21.0. The number of aromatic nitrogens is 2. The smallest absolute Gasteiger partial charge is 0.251 e. The van der Waals surface area contributed by atoms with E-state index in [-0.39, 0.29) is 5.91 Å². The molecular weight excluding hydrogens is 388 g/mol. The monoisotopic (exact) mass is 414 g/mol. The number of amides is 1. The minimum Gasteiger partial charge on any atom is -0.352 e. The fraction of sp³-hybridized carbons (Fsp3) is 0.333. The lowest BCUT2D eigenvalue weighted by molar-refractivity contribution is 0.0953. The molecule has 0 atom stereocenters. The Balaban J connectivity index is 1.69. The molecule has 0 aliphatic rings. The van der Waals surface area contributed by atoms with Gasteiger partial charge in [0.15, 0.2) is 0 Å². The lowest BCUT2D eigenvalue weighted by Crippen LogP contribution is -2.33. The van der Waals surface area contributed by atoms with Gasteiger partial charge in [0.2, 0.25) is 10.0 Å². The SMILES string of the molecule is CCN(CCCNC(=O)c1ccc2c(c1)nc(C)n2-c1ccccc1)S(C)(=O)=O. The average Bonchev–Trinajstić information content (AvgIpc) is 3.02. The fourth-order valence-electron chi connectivity index (χ4n) is 3.36. The summed E-state index contributed by atoms with van der Waals surface area (Å²) in [5, 5.41) is 2.85. The molecule has 0 aliphatic carbocycles. The number of fused-ring (bicyclic) bond motifs is 1. The van der Waals surface area contributed by atoms with Gasteiger partial charge in [-0.1, -0.05) is 25.1 Å². The van der Waals surface area contributed by atoms with Crippen LogP contribution >= 0.6 is 0 Å². The van der Waals surface area contributed by atoms with Crippen molar-refractivity contribution in [3.63, 3.8) is 0 Å². The van der Waals surface area contributed by atoms with Crippen LogP contribution in [-0.4, -0.2) is 54.1 Å². The molecule has 0 saturated carbocycles. The predicted molar refractivity (Wildman–Crippen MR) is 115 cm³/mol. The van der Waals surface area contributed by atoms with Crippen molar-refractivity contribution in [1.29, 1.82) is 0 Å².